The Kier molecular flexibility index (Phi) is 3.64. The number of likely N-dealkylation sites (tertiary alicyclic amines) is 1. The second-order valence-corrected chi connectivity index (χ2v) is 5.45. The number of hydrogen-bond donors (Lipinski definition) is 1. The monoisotopic (exact) mass is 285 g/mol. The van der Waals surface area contributed by atoms with Crippen molar-refractivity contribution in [3.63, 3.8) is 0 Å². The molecule has 5 nitrogen and oxygen atoms in total. The molecule has 1 aromatic heterocycles. The zero-order chi connectivity index (χ0) is 14.8. The Balaban J connectivity index is 1.83. The molecule has 5 heteroatoms. The second-order valence-electron chi connectivity index (χ2n) is 5.45. The summed E-state index contributed by atoms with van der Waals surface area (Å²) in [6.07, 6.45) is 2.47. The summed E-state index contributed by atoms with van der Waals surface area (Å²) in [5, 5.41) is 1.47. The van der Waals surface area contributed by atoms with E-state index >= 15 is 0 Å². The molecule has 2 aromatic rings. The Hall–Kier alpha value is -2.30. The van der Waals surface area contributed by atoms with Crippen LogP contribution in [0.15, 0.2) is 35.1 Å². The molecule has 21 heavy (non-hydrogen) atoms. The van der Waals surface area contributed by atoms with Gasteiger partial charge in [0, 0.05) is 31.4 Å². The molecule has 1 saturated heterocycles. The molecule has 1 aliphatic rings. The lowest BCUT2D eigenvalue weighted by Gasteiger charge is -2.16. The van der Waals surface area contributed by atoms with Crippen LogP contribution in [0, 0.1) is 0 Å². The van der Waals surface area contributed by atoms with E-state index < -0.39 is 0 Å². The Bertz CT molecular complexity index is 730. The molecule has 1 aromatic carbocycles. The third-order valence-corrected chi connectivity index (χ3v) is 4.06. The summed E-state index contributed by atoms with van der Waals surface area (Å²) in [7, 11) is 0. The predicted octanol–water partition coefficient (Wildman–Crippen LogP) is 1.60. The van der Waals surface area contributed by atoms with Crippen molar-refractivity contribution in [2.24, 2.45) is 0 Å². The van der Waals surface area contributed by atoms with Crippen LogP contribution >= 0.6 is 0 Å². The predicted molar refractivity (Wildman–Crippen MR) is 83.1 cm³/mol. The zero-order valence-electron chi connectivity index (χ0n) is 11.9. The highest BCUT2D eigenvalue weighted by Crippen LogP contribution is 2.14. The van der Waals surface area contributed by atoms with Gasteiger partial charge in [-0.25, -0.2) is 0 Å². The first-order valence-electron chi connectivity index (χ1n) is 7.32. The van der Waals surface area contributed by atoms with Gasteiger partial charge in [0.05, 0.1) is 0 Å². The average molecular weight is 285 g/mol. The molecule has 0 spiro atoms. The highest BCUT2D eigenvalue weighted by molar-refractivity contribution is 5.83. The van der Waals surface area contributed by atoms with E-state index in [4.69, 9.17) is 5.73 Å². The lowest BCUT2D eigenvalue weighted by molar-refractivity contribution is -0.130. The third kappa shape index (κ3) is 2.63. The maximum Gasteiger partial charge on any atom is 0.259 e. The van der Waals surface area contributed by atoms with Crippen LogP contribution in [0.2, 0.25) is 0 Å². The standard InChI is InChI=1S/C16H19N3O2/c17-14-11-12-5-1-2-6-13(12)16(21)19(14)10-7-15(20)18-8-3-4-9-18/h1-2,5-6,11H,3-4,7-10,17H2. The molecule has 1 aliphatic heterocycles. The summed E-state index contributed by atoms with van der Waals surface area (Å²) in [4.78, 5) is 26.4. The molecule has 0 saturated carbocycles. The first-order chi connectivity index (χ1) is 10.2. The van der Waals surface area contributed by atoms with Crippen molar-refractivity contribution in [2.75, 3.05) is 18.8 Å². The van der Waals surface area contributed by atoms with Crippen LogP contribution in [0.5, 0.6) is 0 Å². The summed E-state index contributed by atoms with van der Waals surface area (Å²) in [6.45, 7) is 2.01. The van der Waals surface area contributed by atoms with Gasteiger partial charge in [0.25, 0.3) is 5.56 Å². The number of benzene rings is 1. The van der Waals surface area contributed by atoms with Crippen molar-refractivity contribution in [1.82, 2.24) is 9.47 Å². The van der Waals surface area contributed by atoms with Gasteiger partial charge in [-0.1, -0.05) is 18.2 Å². The highest BCUT2D eigenvalue weighted by Gasteiger charge is 2.18. The maximum absolute atomic E-state index is 12.4. The summed E-state index contributed by atoms with van der Waals surface area (Å²) in [5.74, 6) is 0.514. The fourth-order valence-electron chi connectivity index (χ4n) is 2.88. The Morgan fingerprint density at radius 1 is 1.19 bits per heavy atom. The minimum absolute atomic E-state index is 0.104. The van der Waals surface area contributed by atoms with Crippen molar-refractivity contribution >= 4 is 22.5 Å². The minimum Gasteiger partial charge on any atom is -0.385 e. The lowest BCUT2D eigenvalue weighted by Crippen LogP contribution is -2.30. The van der Waals surface area contributed by atoms with Gasteiger partial charge < -0.3 is 10.6 Å². The van der Waals surface area contributed by atoms with Gasteiger partial charge >= 0.3 is 0 Å². The van der Waals surface area contributed by atoms with E-state index in [1.807, 2.05) is 23.1 Å². The number of anilines is 1. The van der Waals surface area contributed by atoms with Crippen LogP contribution < -0.4 is 11.3 Å². The highest BCUT2D eigenvalue weighted by atomic mass is 16.2. The molecule has 110 valence electrons. The SMILES string of the molecule is Nc1cc2ccccc2c(=O)n1CCC(=O)N1CCCC1. The minimum atomic E-state index is -0.125. The van der Waals surface area contributed by atoms with Gasteiger partial charge in [0.1, 0.15) is 5.82 Å². The molecule has 1 amide bonds. The van der Waals surface area contributed by atoms with Crippen LogP contribution in [0.25, 0.3) is 10.8 Å². The topological polar surface area (TPSA) is 68.3 Å². The zero-order valence-corrected chi connectivity index (χ0v) is 11.9. The van der Waals surface area contributed by atoms with Crippen molar-refractivity contribution < 1.29 is 4.79 Å². The molecular weight excluding hydrogens is 266 g/mol. The first kappa shape index (κ1) is 13.7. The van der Waals surface area contributed by atoms with E-state index in [-0.39, 0.29) is 11.5 Å². The number of nitrogens with zero attached hydrogens (tertiary/aromatic N) is 2. The number of nitrogen functional groups attached to an aromatic ring is 1. The Morgan fingerprint density at radius 3 is 2.67 bits per heavy atom. The first-order valence-corrected chi connectivity index (χ1v) is 7.32. The molecule has 0 radical (unpaired) electrons. The van der Waals surface area contributed by atoms with Crippen molar-refractivity contribution in [2.45, 2.75) is 25.8 Å². The van der Waals surface area contributed by atoms with Crippen LogP contribution in [-0.2, 0) is 11.3 Å². The molecule has 0 bridgehead atoms. The molecule has 1 fully saturated rings. The Labute approximate surface area is 123 Å². The quantitative estimate of drug-likeness (QED) is 0.931. The summed E-state index contributed by atoms with van der Waals surface area (Å²) < 4.78 is 1.50. The van der Waals surface area contributed by atoms with Crippen LogP contribution in [0.1, 0.15) is 19.3 Å². The molecule has 0 unspecified atom stereocenters. The van der Waals surface area contributed by atoms with Crippen molar-refractivity contribution in [3.05, 3.63) is 40.7 Å². The van der Waals surface area contributed by atoms with Crippen molar-refractivity contribution in [1.29, 1.82) is 0 Å². The number of carbonyl (C=O) groups is 1. The number of fused-ring (bicyclic) bond motifs is 1. The van der Waals surface area contributed by atoms with E-state index in [0.29, 0.717) is 24.2 Å². The lowest BCUT2D eigenvalue weighted by atomic mass is 10.1. The number of amides is 1. The van der Waals surface area contributed by atoms with Crippen molar-refractivity contribution in [3.8, 4) is 0 Å². The van der Waals surface area contributed by atoms with Gasteiger partial charge in [-0.3, -0.25) is 14.2 Å². The van der Waals surface area contributed by atoms with Crippen LogP contribution in [-0.4, -0.2) is 28.5 Å². The molecule has 0 aliphatic carbocycles. The van der Waals surface area contributed by atoms with Crippen LogP contribution in [0.4, 0.5) is 5.82 Å². The summed E-state index contributed by atoms with van der Waals surface area (Å²) >= 11 is 0. The summed E-state index contributed by atoms with van der Waals surface area (Å²) in [6, 6.07) is 9.15. The van der Waals surface area contributed by atoms with Gasteiger partial charge in [-0.15, -0.1) is 0 Å². The van der Waals surface area contributed by atoms with E-state index in [9.17, 15) is 9.59 Å². The normalized spacial score (nSPS) is 14.8. The second kappa shape index (κ2) is 5.60. The molecule has 0 atom stereocenters. The van der Waals surface area contributed by atoms with E-state index in [1.54, 1.807) is 12.1 Å². The average Bonchev–Trinajstić information content (AvgIpc) is 3.01. The summed E-state index contributed by atoms with van der Waals surface area (Å²) in [5.41, 5.74) is 5.84. The van der Waals surface area contributed by atoms with Gasteiger partial charge in [-0.05, 0) is 30.4 Å². The smallest absolute Gasteiger partial charge is 0.259 e. The number of pyridine rings is 1. The number of carbonyl (C=O) groups excluding carboxylic acids is 1. The van der Waals surface area contributed by atoms with Gasteiger partial charge in [-0.2, -0.15) is 0 Å². The number of nitrogens with two attached hydrogens (primary N) is 1. The molecule has 3 rings (SSSR count). The fraction of sp³-hybridized carbons (Fsp3) is 0.375. The third-order valence-electron chi connectivity index (χ3n) is 4.06. The molecule has 2 N–H and O–H groups in total. The van der Waals surface area contributed by atoms with E-state index in [1.165, 1.54) is 4.57 Å². The van der Waals surface area contributed by atoms with E-state index in [0.717, 1.165) is 31.3 Å². The van der Waals surface area contributed by atoms with E-state index in [2.05, 4.69) is 0 Å². The Morgan fingerprint density at radius 2 is 1.90 bits per heavy atom. The largest absolute Gasteiger partial charge is 0.385 e. The molecule has 2 heterocycles. The fourth-order valence-corrected chi connectivity index (χ4v) is 2.88. The molecular formula is C16H19N3O2. The number of hydrogen-bond acceptors (Lipinski definition) is 3. The van der Waals surface area contributed by atoms with Crippen LogP contribution in [0.3, 0.4) is 0 Å². The number of aromatic nitrogens is 1. The number of rotatable bonds is 3. The van der Waals surface area contributed by atoms with Gasteiger partial charge in [0.15, 0.2) is 0 Å². The van der Waals surface area contributed by atoms with Gasteiger partial charge in [0.2, 0.25) is 5.91 Å². The maximum atomic E-state index is 12.4.